The van der Waals surface area contributed by atoms with Crippen molar-refractivity contribution in [2.45, 2.75) is 38.6 Å². The van der Waals surface area contributed by atoms with Gasteiger partial charge in [0.2, 0.25) is 5.91 Å². The van der Waals surface area contributed by atoms with Crippen LogP contribution in [0.2, 0.25) is 5.02 Å². The number of pyridine rings is 1. The largest absolute Gasteiger partial charge is 0.357 e. The number of hydrogen-bond acceptors (Lipinski definition) is 4. The van der Waals surface area contributed by atoms with Crippen molar-refractivity contribution in [2.24, 2.45) is 17.6 Å². The minimum atomic E-state index is 0.139. The standard InChI is InChI=1S/C18H27ClN4O/c1-13(20)15-3-2-8-23(12-15)18(24)14-6-9-22(10-7-14)17-5-4-16(19)11-21-17/h4-5,11,13-15H,2-3,6-10,12,20H2,1H3/t13-,15-/m1/s1. The number of nitrogens with zero attached hydrogens (tertiary/aromatic N) is 3. The molecule has 0 aromatic carbocycles. The van der Waals surface area contributed by atoms with Crippen molar-refractivity contribution in [1.29, 1.82) is 0 Å². The monoisotopic (exact) mass is 350 g/mol. The predicted octanol–water partition coefficient (Wildman–Crippen LogP) is 2.54. The fraction of sp³-hybridized carbons (Fsp3) is 0.667. The van der Waals surface area contributed by atoms with Crippen LogP contribution in [-0.4, -0.2) is 48.0 Å². The molecule has 2 atom stereocenters. The zero-order valence-electron chi connectivity index (χ0n) is 14.3. The van der Waals surface area contributed by atoms with Gasteiger partial charge in [0.15, 0.2) is 0 Å². The SMILES string of the molecule is C[C@@H](N)[C@@H]1CCCN(C(=O)C2CCN(c3ccc(Cl)cn3)CC2)C1. The highest BCUT2D eigenvalue weighted by Gasteiger charge is 2.32. The van der Waals surface area contributed by atoms with E-state index in [1.165, 1.54) is 0 Å². The smallest absolute Gasteiger partial charge is 0.225 e. The summed E-state index contributed by atoms with van der Waals surface area (Å²) in [5.74, 6) is 1.85. The minimum absolute atomic E-state index is 0.139. The first kappa shape index (κ1) is 17.5. The molecular weight excluding hydrogens is 324 g/mol. The molecule has 2 aliphatic rings. The van der Waals surface area contributed by atoms with E-state index in [1.807, 2.05) is 12.1 Å². The van der Waals surface area contributed by atoms with Gasteiger partial charge in [-0.2, -0.15) is 0 Å². The van der Waals surface area contributed by atoms with Crippen molar-refractivity contribution < 1.29 is 4.79 Å². The van der Waals surface area contributed by atoms with E-state index in [-0.39, 0.29) is 12.0 Å². The Bertz CT molecular complexity index is 555. The Balaban J connectivity index is 1.54. The van der Waals surface area contributed by atoms with Crippen molar-refractivity contribution in [1.82, 2.24) is 9.88 Å². The summed E-state index contributed by atoms with van der Waals surface area (Å²) in [5, 5.41) is 0.651. The van der Waals surface area contributed by atoms with Crippen LogP contribution in [0.4, 0.5) is 5.82 Å². The molecular formula is C18H27ClN4O. The average Bonchev–Trinajstić information content (AvgIpc) is 2.62. The zero-order valence-corrected chi connectivity index (χ0v) is 15.1. The number of carbonyl (C=O) groups is 1. The van der Waals surface area contributed by atoms with Crippen LogP contribution in [0.15, 0.2) is 18.3 Å². The van der Waals surface area contributed by atoms with Crippen molar-refractivity contribution in [3.05, 3.63) is 23.4 Å². The molecule has 132 valence electrons. The predicted molar refractivity (Wildman–Crippen MR) is 97.1 cm³/mol. The van der Waals surface area contributed by atoms with E-state index >= 15 is 0 Å². The molecule has 0 saturated carbocycles. The molecule has 1 amide bonds. The Kier molecular flexibility index (Phi) is 5.61. The van der Waals surface area contributed by atoms with Crippen molar-refractivity contribution in [3.8, 4) is 0 Å². The lowest BCUT2D eigenvalue weighted by Crippen LogP contribution is -2.49. The molecule has 6 heteroatoms. The Morgan fingerprint density at radius 2 is 2.04 bits per heavy atom. The van der Waals surface area contributed by atoms with Gasteiger partial charge < -0.3 is 15.5 Å². The second-order valence-electron chi connectivity index (χ2n) is 7.14. The molecule has 1 aromatic rings. The third-order valence-corrected chi connectivity index (χ3v) is 5.62. The highest BCUT2D eigenvalue weighted by atomic mass is 35.5. The average molecular weight is 351 g/mol. The third kappa shape index (κ3) is 4.01. The number of hydrogen-bond donors (Lipinski definition) is 1. The van der Waals surface area contributed by atoms with Gasteiger partial charge in [0.25, 0.3) is 0 Å². The number of amides is 1. The molecule has 0 spiro atoms. The third-order valence-electron chi connectivity index (χ3n) is 5.39. The maximum Gasteiger partial charge on any atom is 0.225 e. The van der Waals surface area contributed by atoms with E-state index in [1.54, 1.807) is 6.20 Å². The van der Waals surface area contributed by atoms with E-state index in [9.17, 15) is 4.79 Å². The van der Waals surface area contributed by atoms with Crippen molar-refractivity contribution in [2.75, 3.05) is 31.1 Å². The van der Waals surface area contributed by atoms with Gasteiger partial charge in [0, 0.05) is 44.3 Å². The molecule has 0 bridgehead atoms. The van der Waals surface area contributed by atoms with Crippen LogP contribution in [0.25, 0.3) is 0 Å². The lowest BCUT2D eigenvalue weighted by atomic mass is 9.89. The highest BCUT2D eigenvalue weighted by molar-refractivity contribution is 6.30. The van der Waals surface area contributed by atoms with Crippen LogP contribution in [0.5, 0.6) is 0 Å². The summed E-state index contributed by atoms with van der Waals surface area (Å²) < 4.78 is 0. The van der Waals surface area contributed by atoms with Crippen LogP contribution < -0.4 is 10.6 Å². The molecule has 24 heavy (non-hydrogen) atoms. The topological polar surface area (TPSA) is 62.5 Å². The second kappa shape index (κ2) is 7.70. The van der Waals surface area contributed by atoms with Gasteiger partial charge >= 0.3 is 0 Å². The van der Waals surface area contributed by atoms with Gasteiger partial charge in [0.1, 0.15) is 5.82 Å². The number of anilines is 1. The number of likely N-dealkylation sites (tertiary alicyclic amines) is 1. The Morgan fingerprint density at radius 3 is 2.67 bits per heavy atom. The van der Waals surface area contributed by atoms with Crippen LogP contribution in [0.1, 0.15) is 32.6 Å². The van der Waals surface area contributed by atoms with E-state index in [0.29, 0.717) is 16.8 Å². The fourth-order valence-electron chi connectivity index (χ4n) is 3.81. The minimum Gasteiger partial charge on any atom is -0.357 e. The van der Waals surface area contributed by atoms with Gasteiger partial charge in [-0.25, -0.2) is 4.98 Å². The van der Waals surface area contributed by atoms with Crippen LogP contribution >= 0.6 is 11.6 Å². The van der Waals surface area contributed by atoms with E-state index in [2.05, 4.69) is 21.7 Å². The summed E-state index contributed by atoms with van der Waals surface area (Å²) in [6, 6.07) is 3.98. The Labute approximate surface area is 149 Å². The molecule has 3 heterocycles. The van der Waals surface area contributed by atoms with E-state index < -0.39 is 0 Å². The summed E-state index contributed by atoms with van der Waals surface area (Å²) in [4.78, 5) is 21.5. The number of nitrogens with two attached hydrogens (primary N) is 1. The second-order valence-corrected chi connectivity index (χ2v) is 7.58. The van der Waals surface area contributed by atoms with Gasteiger partial charge in [0.05, 0.1) is 5.02 Å². The highest BCUT2D eigenvalue weighted by Crippen LogP contribution is 2.26. The number of halogens is 1. The van der Waals surface area contributed by atoms with Crippen LogP contribution in [0.3, 0.4) is 0 Å². The summed E-state index contributed by atoms with van der Waals surface area (Å²) in [7, 11) is 0. The van der Waals surface area contributed by atoms with E-state index in [4.69, 9.17) is 17.3 Å². The molecule has 2 fully saturated rings. The summed E-state index contributed by atoms with van der Waals surface area (Å²) in [6.45, 7) is 5.51. The number of aromatic nitrogens is 1. The molecule has 1 aromatic heterocycles. The first-order chi connectivity index (χ1) is 11.5. The van der Waals surface area contributed by atoms with Crippen molar-refractivity contribution in [3.63, 3.8) is 0 Å². The number of carbonyl (C=O) groups excluding carboxylic acids is 1. The number of rotatable bonds is 3. The lowest BCUT2D eigenvalue weighted by Gasteiger charge is -2.39. The van der Waals surface area contributed by atoms with Gasteiger partial charge in [-0.15, -0.1) is 0 Å². The molecule has 0 aliphatic carbocycles. The van der Waals surface area contributed by atoms with Gasteiger partial charge in [-0.1, -0.05) is 11.6 Å². The van der Waals surface area contributed by atoms with Crippen LogP contribution in [-0.2, 0) is 4.79 Å². The normalized spacial score (nSPS) is 24.0. The van der Waals surface area contributed by atoms with E-state index in [0.717, 1.165) is 57.7 Å². The molecule has 5 nitrogen and oxygen atoms in total. The zero-order chi connectivity index (χ0) is 17.1. The van der Waals surface area contributed by atoms with Gasteiger partial charge in [-0.3, -0.25) is 4.79 Å². The Morgan fingerprint density at radius 1 is 1.29 bits per heavy atom. The molecule has 3 rings (SSSR count). The van der Waals surface area contributed by atoms with Crippen molar-refractivity contribution >= 4 is 23.3 Å². The summed E-state index contributed by atoms with van der Waals surface area (Å²) >= 11 is 5.90. The lowest BCUT2D eigenvalue weighted by molar-refractivity contribution is -0.138. The van der Waals surface area contributed by atoms with Gasteiger partial charge in [-0.05, 0) is 50.7 Å². The maximum atomic E-state index is 12.8. The summed E-state index contributed by atoms with van der Waals surface area (Å²) in [5.41, 5.74) is 6.04. The Hall–Kier alpha value is -1.33. The molecule has 2 saturated heterocycles. The first-order valence-electron chi connectivity index (χ1n) is 8.95. The number of piperidine rings is 2. The fourth-order valence-corrected chi connectivity index (χ4v) is 3.92. The molecule has 0 radical (unpaired) electrons. The molecule has 2 N–H and O–H groups in total. The summed E-state index contributed by atoms with van der Waals surface area (Å²) in [6.07, 6.45) is 5.68. The first-order valence-corrected chi connectivity index (χ1v) is 9.33. The molecule has 2 aliphatic heterocycles. The van der Waals surface area contributed by atoms with Crippen LogP contribution in [0, 0.1) is 11.8 Å². The maximum absolute atomic E-state index is 12.8. The molecule has 0 unspecified atom stereocenters. The quantitative estimate of drug-likeness (QED) is 0.910.